The Balaban J connectivity index is 2.17. The minimum atomic E-state index is 0.165. The molecule has 0 spiro atoms. The number of amides is 1. The Hall–Kier alpha value is -0.860. The summed E-state index contributed by atoms with van der Waals surface area (Å²) in [6.45, 7) is 4.57. The molecule has 1 amide bonds. The van der Waals surface area contributed by atoms with E-state index >= 15 is 0 Å². The lowest BCUT2D eigenvalue weighted by atomic mass is 9.77. The molecule has 0 radical (unpaired) electrons. The summed E-state index contributed by atoms with van der Waals surface area (Å²) in [5.74, 6) is 1.34. The molecule has 1 saturated heterocycles. The van der Waals surface area contributed by atoms with Crippen molar-refractivity contribution in [2.24, 2.45) is 11.8 Å². The molecule has 1 unspecified atom stereocenters. The van der Waals surface area contributed by atoms with Crippen molar-refractivity contribution in [3.05, 3.63) is 0 Å². The van der Waals surface area contributed by atoms with Crippen molar-refractivity contribution < 1.29 is 9.59 Å². The van der Waals surface area contributed by atoms with Gasteiger partial charge in [0.25, 0.3) is 0 Å². The fourth-order valence-corrected chi connectivity index (χ4v) is 3.10. The minimum absolute atomic E-state index is 0.165. The molecule has 2 rings (SSSR count). The lowest BCUT2D eigenvalue weighted by Gasteiger charge is -2.35. The molecule has 2 fully saturated rings. The molecular formula is C11H17NO2. The number of nitrogens with zero attached hydrogens (tertiary/aromatic N) is 1. The van der Waals surface area contributed by atoms with Crippen LogP contribution in [0.1, 0.15) is 33.1 Å². The van der Waals surface area contributed by atoms with Gasteiger partial charge in [-0.3, -0.25) is 9.59 Å². The van der Waals surface area contributed by atoms with E-state index in [1.54, 1.807) is 6.92 Å². The van der Waals surface area contributed by atoms with Crippen LogP contribution < -0.4 is 0 Å². The normalized spacial score (nSPS) is 37.1. The van der Waals surface area contributed by atoms with E-state index in [0.29, 0.717) is 36.5 Å². The Morgan fingerprint density at radius 2 is 2.14 bits per heavy atom. The zero-order chi connectivity index (χ0) is 10.3. The van der Waals surface area contributed by atoms with Crippen molar-refractivity contribution in [1.82, 2.24) is 4.90 Å². The minimum Gasteiger partial charge on any atom is -0.339 e. The van der Waals surface area contributed by atoms with Crippen LogP contribution in [0.25, 0.3) is 0 Å². The van der Waals surface area contributed by atoms with Crippen molar-refractivity contribution in [2.45, 2.75) is 39.2 Å². The fourth-order valence-electron chi connectivity index (χ4n) is 3.10. The van der Waals surface area contributed by atoms with Gasteiger partial charge in [-0.2, -0.15) is 0 Å². The van der Waals surface area contributed by atoms with Crippen LogP contribution in [0.2, 0.25) is 0 Å². The van der Waals surface area contributed by atoms with Crippen molar-refractivity contribution in [3.63, 3.8) is 0 Å². The highest BCUT2D eigenvalue weighted by Gasteiger charge is 2.43. The second kappa shape index (κ2) is 3.37. The van der Waals surface area contributed by atoms with Crippen LogP contribution in [-0.2, 0) is 9.59 Å². The van der Waals surface area contributed by atoms with E-state index < -0.39 is 0 Å². The molecule has 3 nitrogen and oxygen atoms in total. The highest BCUT2D eigenvalue weighted by Crippen LogP contribution is 2.37. The Bertz CT molecular complexity index is 274. The van der Waals surface area contributed by atoms with E-state index in [-0.39, 0.29) is 5.91 Å². The van der Waals surface area contributed by atoms with E-state index in [4.69, 9.17) is 0 Å². The summed E-state index contributed by atoms with van der Waals surface area (Å²) >= 11 is 0. The second-order valence-electron chi connectivity index (χ2n) is 4.68. The lowest BCUT2D eigenvalue weighted by molar-refractivity contribution is -0.134. The average molecular weight is 195 g/mol. The van der Waals surface area contributed by atoms with Crippen LogP contribution in [0.15, 0.2) is 0 Å². The first-order valence-electron chi connectivity index (χ1n) is 5.38. The number of ketones is 1. The number of carbonyl (C=O) groups is 2. The monoisotopic (exact) mass is 195 g/mol. The summed E-state index contributed by atoms with van der Waals surface area (Å²) in [5, 5.41) is 0. The first-order chi connectivity index (χ1) is 6.59. The second-order valence-corrected chi connectivity index (χ2v) is 4.68. The first kappa shape index (κ1) is 9.69. The molecule has 1 heterocycles. The van der Waals surface area contributed by atoms with Crippen LogP contribution >= 0.6 is 0 Å². The standard InChI is InChI=1S/C11H17NO2/c1-7-5-10(14)6-9-3-4-12(8(2)13)11(7)9/h7,9,11H,3-6H2,1-2H3/t7-,9-,11?/m1/s1. The number of Topliss-reactive ketones (excluding diaryl/α,β-unsaturated/α-hetero) is 1. The summed E-state index contributed by atoms with van der Waals surface area (Å²) < 4.78 is 0. The lowest BCUT2D eigenvalue weighted by Crippen LogP contribution is -2.44. The Morgan fingerprint density at radius 3 is 2.79 bits per heavy atom. The van der Waals surface area contributed by atoms with Gasteiger partial charge in [0.2, 0.25) is 5.91 Å². The van der Waals surface area contributed by atoms with Crippen LogP contribution in [0.5, 0.6) is 0 Å². The molecule has 1 saturated carbocycles. The first-order valence-corrected chi connectivity index (χ1v) is 5.38. The number of hydrogen-bond donors (Lipinski definition) is 0. The maximum Gasteiger partial charge on any atom is 0.219 e. The molecule has 3 atom stereocenters. The maximum absolute atomic E-state index is 11.4. The van der Waals surface area contributed by atoms with Gasteiger partial charge >= 0.3 is 0 Å². The van der Waals surface area contributed by atoms with Gasteiger partial charge in [0.1, 0.15) is 5.78 Å². The molecule has 0 aromatic heterocycles. The van der Waals surface area contributed by atoms with E-state index in [0.717, 1.165) is 13.0 Å². The van der Waals surface area contributed by atoms with Gasteiger partial charge in [-0.25, -0.2) is 0 Å². The number of fused-ring (bicyclic) bond motifs is 1. The van der Waals surface area contributed by atoms with Crippen molar-refractivity contribution in [1.29, 1.82) is 0 Å². The zero-order valence-corrected chi connectivity index (χ0v) is 8.82. The molecule has 1 aliphatic heterocycles. The van der Waals surface area contributed by atoms with Crippen LogP contribution in [0.3, 0.4) is 0 Å². The van der Waals surface area contributed by atoms with E-state index in [2.05, 4.69) is 6.92 Å². The molecular weight excluding hydrogens is 178 g/mol. The summed E-state index contributed by atoms with van der Waals surface area (Å²) in [6.07, 6.45) is 2.37. The van der Waals surface area contributed by atoms with Gasteiger partial charge in [-0.05, 0) is 18.3 Å². The van der Waals surface area contributed by atoms with Gasteiger partial charge in [-0.1, -0.05) is 6.92 Å². The summed E-state index contributed by atoms with van der Waals surface area (Å²) in [7, 11) is 0. The van der Waals surface area contributed by atoms with Gasteiger partial charge in [0.15, 0.2) is 0 Å². The molecule has 14 heavy (non-hydrogen) atoms. The fraction of sp³-hybridized carbons (Fsp3) is 0.818. The van der Waals surface area contributed by atoms with E-state index in [1.165, 1.54) is 0 Å². The largest absolute Gasteiger partial charge is 0.339 e. The smallest absolute Gasteiger partial charge is 0.219 e. The molecule has 0 aromatic carbocycles. The van der Waals surface area contributed by atoms with E-state index in [9.17, 15) is 9.59 Å². The highest BCUT2D eigenvalue weighted by atomic mass is 16.2. The van der Waals surface area contributed by atoms with Crippen molar-refractivity contribution in [3.8, 4) is 0 Å². The van der Waals surface area contributed by atoms with Gasteiger partial charge in [0.05, 0.1) is 0 Å². The average Bonchev–Trinajstić information content (AvgIpc) is 2.47. The predicted molar refractivity (Wildman–Crippen MR) is 52.7 cm³/mol. The molecule has 0 aromatic rings. The highest BCUT2D eigenvalue weighted by molar-refractivity contribution is 5.81. The maximum atomic E-state index is 11.4. The van der Waals surface area contributed by atoms with Gasteiger partial charge in [0, 0.05) is 32.4 Å². The quantitative estimate of drug-likeness (QED) is 0.583. The summed E-state index contributed by atoms with van der Waals surface area (Å²) in [4.78, 5) is 24.7. The topological polar surface area (TPSA) is 37.4 Å². The number of carbonyl (C=O) groups excluding carboxylic acids is 2. The summed E-state index contributed by atoms with van der Waals surface area (Å²) in [5.41, 5.74) is 0. The van der Waals surface area contributed by atoms with Gasteiger partial charge in [-0.15, -0.1) is 0 Å². The molecule has 78 valence electrons. The third-order valence-corrected chi connectivity index (χ3v) is 3.61. The SMILES string of the molecule is CC(=O)N1CC[C@@H]2CC(=O)C[C@@H](C)C21. The summed E-state index contributed by atoms with van der Waals surface area (Å²) in [6, 6.07) is 0.338. The van der Waals surface area contributed by atoms with Gasteiger partial charge < -0.3 is 4.90 Å². The Kier molecular flexibility index (Phi) is 2.33. The third kappa shape index (κ3) is 1.45. The number of rotatable bonds is 0. The Labute approximate surface area is 84.5 Å². The third-order valence-electron chi connectivity index (χ3n) is 3.61. The van der Waals surface area contributed by atoms with Crippen LogP contribution in [-0.4, -0.2) is 29.2 Å². The van der Waals surface area contributed by atoms with E-state index in [1.807, 2.05) is 4.90 Å². The van der Waals surface area contributed by atoms with Crippen molar-refractivity contribution in [2.75, 3.05) is 6.54 Å². The molecule has 1 aliphatic carbocycles. The molecule has 2 aliphatic rings. The predicted octanol–water partition coefficient (Wildman–Crippen LogP) is 1.22. The number of likely N-dealkylation sites (tertiary alicyclic amines) is 1. The molecule has 0 N–H and O–H groups in total. The van der Waals surface area contributed by atoms with Crippen molar-refractivity contribution >= 4 is 11.7 Å². The molecule has 0 bridgehead atoms. The molecule has 3 heteroatoms. The van der Waals surface area contributed by atoms with Crippen LogP contribution in [0.4, 0.5) is 0 Å². The van der Waals surface area contributed by atoms with Crippen LogP contribution in [0, 0.1) is 11.8 Å². The zero-order valence-electron chi connectivity index (χ0n) is 8.82. The number of hydrogen-bond acceptors (Lipinski definition) is 2. The Morgan fingerprint density at radius 1 is 1.43 bits per heavy atom.